The maximum Gasteiger partial charge on any atom is 0.253 e. The van der Waals surface area contributed by atoms with Crippen LogP contribution >= 0.6 is 23.2 Å². The molecular weight excluding hydrogens is 652 g/mol. The number of carbonyl (C=O) groups excluding carboxylic acids is 1. The minimum Gasteiger partial charge on any atom is -0.357 e. The van der Waals surface area contributed by atoms with Crippen molar-refractivity contribution >= 4 is 44.8 Å². The molecule has 1 aliphatic heterocycles. The van der Waals surface area contributed by atoms with Gasteiger partial charge in [-0.15, -0.1) is 0 Å². The summed E-state index contributed by atoms with van der Waals surface area (Å²) in [6.07, 6.45) is 2.68. The number of anilines is 1. The van der Waals surface area contributed by atoms with Gasteiger partial charge in [-0.25, -0.2) is 17.8 Å². The van der Waals surface area contributed by atoms with Gasteiger partial charge < -0.3 is 9.64 Å². The van der Waals surface area contributed by atoms with Gasteiger partial charge in [0.2, 0.25) is 10.0 Å². The zero-order valence-corrected chi connectivity index (χ0v) is 27.0. The molecule has 0 spiro atoms. The fourth-order valence-electron chi connectivity index (χ4n) is 6.58. The minimum absolute atomic E-state index is 0.0870. The number of para-hydroxylation sites is 1. The number of halogens is 3. The Balaban J connectivity index is 1.31. The Morgan fingerprint density at radius 1 is 1.02 bits per heavy atom. The van der Waals surface area contributed by atoms with Crippen LogP contribution in [0.4, 0.5) is 10.1 Å². The summed E-state index contributed by atoms with van der Waals surface area (Å²) in [5.74, 6) is -0.330. The number of sulfonamides is 1. The summed E-state index contributed by atoms with van der Waals surface area (Å²) >= 11 is 12.8. The van der Waals surface area contributed by atoms with Gasteiger partial charge in [0, 0.05) is 22.5 Å². The molecule has 9 nitrogen and oxygen atoms in total. The molecule has 0 unspecified atom stereocenters. The molecule has 3 fully saturated rings. The molecule has 2 heterocycles. The van der Waals surface area contributed by atoms with E-state index in [0.29, 0.717) is 28.7 Å². The van der Waals surface area contributed by atoms with Gasteiger partial charge in [-0.1, -0.05) is 59.6 Å². The molecule has 3 aliphatic rings. The Morgan fingerprint density at radius 2 is 1.78 bits per heavy atom. The van der Waals surface area contributed by atoms with Crippen molar-refractivity contribution in [2.75, 3.05) is 4.72 Å². The molecule has 0 radical (unpaired) electrons. The zero-order chi connectivity index (χ0) is 32.1. The van der Waals surface area contributed by atoms with Gasteiger partial charge in [0.05, 0.1) is 16.5 Å². The number of morpholine rings is 1. The van der Waals surface area contributed by atoms with Crippen LogP contribution in [0.2, 0.25) is 10.0 Å². The highest BCUT2D eigenvalue weighted by Gasteiger charge is 2.60. The van der Waals surface area contributed by atoms with E-state index in [2.05, 4.69) is 19.9 Å². The van der Waals surface area contributed by atoms with E-state index in [1.807, 2.05) is 35.2 Å². The number of rotatable bonds is 11. The van der Waals surface area contributed by atoms with E-state index in [-0.39, 0.29) is 30.4 Å². The second-order valence-corrected chi connectivity index (χ2v) is 15.3. The Labute approximate surface area is 276 Å². The van der Waals surface area contributed by atoms with E-state index in [1.54, 1.807) is 24.3 Å². The van der Waals surface area contributed by atoms with Crippen LogP contribution in [-0.4, -0.2) is 51.3 Å². The molecule has 1 saturated heterocycles. The number of carbonyl (C=O) groups is 1. The molecule has 2 saturated carbocycles. The fourth-order valence-corrected chi connectivity index (χ4v) is 8.61. The second-order valence-electron chi connectivity index (χ2n) is 12.4. The predicted molar refractivity (Wildman–Crippen MR) is 172 cm³/mol. The largest absolute Gasteiger partial charge is 0.357 e. The van der Waals surface area contributed by atoms with Crippen molar-refractivity contribution in [3.8, 4) is 0 Å². The molecule has 1 amide bonds. The lowest BCUT2D eigenvalue weighted by molar-refractivity contribution is -0.180. The van der Waals surface area contributed by atoms with Crippen LogP contribution < -0.4 is 4.72 Å². The zero-order valence-electron chi connectivity index (χ0n) is 24.7. The Kier molecular flexibility index (Phi) is 8.29. The van der Waals surface area contributed by atoms with Crippen molar-refractivity contribution in [1.82, 2.24) is 20.1 Å². The fraction of sp³-hybridized carbons (Fsp3) is 0.364. The Morgan fingerprint density at radius 3 is 2.43 bits per heavy atom. The molecule has 1 aromatic heterocycles. The Hall–Kier alpha value is -3.51. The molecular formula is C33H32Cl2FN5O4S. The van der Waals surface area contributed by atoms with Crippen molar-refractivity contribution in [2.45, 2.75) is 67.6 Å². The van der Waals surface area contributed by atoms with E-state index in [0.717, 1.165) is 24.0 Å². The number of hydrogen-bond donors (Lipinski definition) is 2. The molecule has 4 aromatic rings. The maximum atomic E-state index is 14.7. The first kappa shape index (κ1) is 31.1. The molecule has 46 heavy (non-hydrogen) atoms. The van der Waals surface area contributed by atoms with Crippen LogP contribution in [0.25, 0.3) is 0 Å². The van der Waals surface area contributed by atoms with E-state index < -0.39 is 44.9 Å². The van der Waals surface area contributed by atoms with Gasteiger partial charge in [0.15, 0.2) is 0 Å². The number of aromatic nitrogens is 3. The van der Waals surface area contributed by atoms with Gasteiger partial charge in [0.25, 0.3) is 5.91 Å². The van der Waals surface area contributed by atoms with Gasteiger partial charge >= 0.3 is 0 Å². The molecule has 13 heteroatoms. The number of hydrogen-bond acceptors (Lipinski definition) is 6. The monoisotopic (exact) mass is 683 g/mol. The lowest BCUT2D eigenvalue weighted by Crippen LogP contribution is -2.57. The topological polar surface area (TPSA) is 117 Å². The SMILES string of the molecule is O=C1[C@H](Cc2ncn[nH]2)O[C@H](c2cccc(Cl)c2)[C@@H](c2ccc(Cl)cc2)N1[C@@H](CC1(S(=O)(=O)Nc2ccccc2F)CC1)C1CC1. The van der Waals surface area contributed by atoms with Crippen LogP contribution in [0.1, 0.15) is 61.2 Å². The molecule has 3 aromatic carbocycles. The lowest BCUT2D eigenvalue weighted by Gasteiger charge is -2.49. The maximum absolute atomic E-state index is 14.7. The van der Waals surface area contributed by atoms with E-state index in [9.17, 15) is 17.6 Å². The van der Waals surface area contributed by atoms with Crippen molar-refractivity contribution in [2.24, 2.45) is 5.92 Å². The van der Waals surface area contributed by atoms with Crippen LogP contribution in [-0.2, 0) is 26.0 Å². The third-order valence-electron chi connectivity index (χ3n) is 9.26. The summed E-state index contributed by atoms with van der Waals surface area (Å²) in [7, 11) is -4.01. The molecule has 2 aliphatic carbocycles. The number of aromatic amines is 1. The number of benzene rings is 3. The van der Waals surface area contributed by atoms with Gasteiger partial charge in [-0.2, -0.15) is 5.10 Å². The third kappa shape index (κ3) is 6.13. The van der Waals surface area contributed by atoms with Gasteiger partial charge in [0.1, 0.15) is 30.2 Å². The average Bonchev–Trinajstić information content (AvgIpc) is 3.97. The van der Waals surface area contributed by atoms with Gasteiger partial charge in [-0.05, 0) is 85.5 Å². The highest BCUT2D eigenvalue weighted by molar-refractivity contribution is 7.94. The quantitative estimate of drug-likeness (QED) is 0.183. The highest BCUT2D eigenvalue weighted by atomic mass is 35.5. The minimum atomic E-state index is -4.01. The first-order valence-corrected chi connectivity index (χ1v) is 17.5. The van der Waals surface area contributed by atoms with Crippen LogP contribution in [0.3, 0.4) is 0 Å². The summed E-state index contributed by atoms with van der Waals surface area (Å²) in [5, 5.41) is 7.83. The van der Waals surface area contributed by atoms with E-state index in [1.165, 1.54) is 24.5 Å². The summed E-state index contributed by atoms with van der Waals surface area (Å²) in [5.41, 5.74) is 1.48. The number of nitrogens with zero attached hydrogens (tertiary/aromatic N) is 3. The molecule has 4 atom stereocenters. The van der Waals surface area contributed by atoms with Crippen molar-refractivity contribution < 1.29 is 22.3 Å². The van der Waals surface area contributed by atoms with Crippen molar-refractivity contribution in [1.29, 1.82) is 0 Å². The first-order valence-electron chi connectivity index (χ1n) is 15.2. The van der Waals surface area contributed by atoms with E-state index in [4.69, 9.17) is 27.9 Å². The summed E-state index contributed by atoms with van der Waals surface area (Å²) in [6, 6.07) is 19.3. The smallest absolute Gasteiger partial charge is 0.253 e. The molecule has 0 bridgehead atoms. The summed E-state index contributed by atoms with van der Waals surface area (Å²) < 4.78 is 50.4. The van der Waals surface area contributed by atoms with E-state index >= 15 is 0 Å². The van der Waals surface area contributed by atoms with Crippen LogP contribution in [0, 0.1) is 11.7 Å². The van der Waals surface area contributed by atoms with Crippen LogP contribution in [0.5, 0.6) is 0 Å². The van der Waals surface area contributed by atoms with Gasteiger partial charge in [-0.3, -0.25) is 14.6 Å². The number of amides is 1. The average molecular weight is 685 g/mol. The van der Waals surface area contributed by atoms with Crippen LogP contribution in [0.15, 0.2) is 79.1 Å². The standard InChI is InChI=1S/C33H32Cl2FN5O4S/c34-23-12-10-21(11-13-23)30-31(22-4-3-5-24(35)16-22)45-28(17-29-37-19-38-39-29)32(42)41(30)27(20-8-9-20)18-33(14-15-33)46(43,44)40-26-7-2-1-6-25(26)36/h1-7,10-13,16,19-20,27-28,30-31,40H,8-9,14-15,17-18H2,(H,37,38,39)/t27-,28-,30+,31+/m0/s1. The number of H-pyrrole nitrogens is 1. The third-order valence-corrected chi connectivity index (χ3v) is 12.0. The normalized spacial score (nSPS) is 23.2. The highest BCUT2D eigenvalue weighted by Crippen LogP contribution is 2.55. The van der Waals surface area contributed by atoms with Crippen molar-refractivity contribution in [3.63, 3.8) is 0 Å². The molecule has 7 rings (SSSR count). The summed E-state index contributed by atoms with van der Waals surface area (Å²) in [4.78, 5) is 20.8. The number of nitrogens with one attached hydrogen (secondary N) is 2. The number of ether oxygens (including phenoxy) is 1. The molecule has 240 valence electrons. The lowest BCUT2D eigenvalue weighted by atomic mass is 9.88. The Bertz CT molecular complexity index is 1830. The van der Waals surface area contributed by atoms with Crippen molar-refractivity contribution in [3.05, 3.63) is 112 Å². The predicted octanol–water partition coefficient (Wildman–Crippen LogP) is 6.65. The molecule has 2 N–H and O–H groups in total. The second kappa shape index (κ2) is 12.3. The summed E-state index contributed by atoms with van der Waals surface area (Å²) in [6.45, 7) is 0. The first-order chi connectivity index (χ1) is 22.1.